The van der Waals surface area contributed by atoms with Crippen molar-refractivity contribution in [1.29, 1.82) is 0 Å². The smallest absolute Gasteiger partial charge is 0.239 e. The molecule has 0 aromatic heterocycles. The average Bonchev–Trinajstić information content (AvgIpc) is 2.54. The van der Waals surface area contributed by atoms with E-state index in [0.29, 0.717) is 18.0 Å². The molecule has 1 aliphatic carbocycles. The Morgan fingerprint density at radius 3 is 2.71 bits per heavy atom. The van der Waals surface area contributed by atoms with Crippen LogP contribution in [0.2, 0.25) is 0 Å². The number of piperidine rings is 2. The number of hydrogen-bond donors (Lipinski definition) is 1. The summed E-state index contributed by atoms with van der Waals surface area (Å²) in [5.74, 6) is 1.26. The maximum absolute atomic E-state index is 13.0. The molecule has 4 atom stereocenters. The maximum Gasteiger partial charge on any atom is 0.239 e. The molecule has 0 bridgehead atoms. The summed E-state index contributed by atoms with van der Waals surface area (Å²) in [6.45, 7) is 3.23. The minimum absolute atomic E-state index is 0.113. The van der Waals surface area contributed by atoms with Crippen LogP contribution in [0.15, 0.2) is 0 Å². The number of fused-ring (bicyclic) bond motifs is 1. The lowest BCUT2D eigenvalue weighted by molar-refractivity contribution is -0.138. The number of nitrogens with one attached hydrogen (secondary N) is 1. The van der Waals surface area contributed by atoms with E-state index < -0.39 is 0 Å². The molecule has 0 radical (unpaired) electrons. The quantitative estimate of drug-likeness (QED) is 0.863. The number of amides is 1. The van der Waals surface area contributed by atoms with Crippen LogP contribution in [-0.2, 0) is 4.79 Å². The number of carbonyl (C=O) groups excluding carboxylic acids is 1. The molecule has 0 aromatic rings. The van der Waals surface area contributed by atoms with Crippen LogP contribution in [0, 0.1) is 5.92 Å². The molecular formula is C18H32N2O. The average molecular weight is 292 g/mol. The molecule has 1 N–H and O–H groups in total. The number of carbonyl (C=O) groups is 1. The van der Waals surface area contributed by atoms with Crippen LogP contribution in [0.25, 0.3) is 0 Å². The SMILES string of the molecule is CCCC1CCCCN1C(=O)C1CCC2CCCCC2N1. The number of rotatable bonds is 3. The highest BCUT2D eigenvalue weighted by molar-refractivity contribution is 5.82. The Labute approximate surface area is 129 Å². The zero-order valence-corrected chi connectivity index (χ0v) is 13.7. The zero-order chi connectivity index (χ0) is 14.7. The molecule has 2 aliphatic heterocycles. The van der Waals surface area contributed by atoms with E-state index in [1.54, 1.807) is 0 Å². The van der Waals surface area contributed by atoms with Crippen molar-refractivity contribution >= 4 is 5.91 Å². The van der Waals surface area contributed by atoms with Gasteiger partial charge in [0.1, 0.15) is 0 Å². The maximum atomic E-state index is 13.0. The Hall–Kier alpha value is -0.570. The van der Waals surface area contributed by atoms with Crippen LogP contribution in [0.1, 0.15) is 77.6 Å². The largest absolute Gasteiger partial charge is 0.338 e. The normalized spacial score (nSPS) is 37.1. The summed E-state index contributed by atoms with van der Waals surface area (Å²) in [7, 11) is 0. The lowest BCUT2D eigenvalue weighted by Crippen LogP contribution is -2.58. The highest BCUT2D eigenvalue weighted by Crippen LogP contribution is 2.33. The van der Waals surface area contributed by atoms with Gasteiger partial charge in [-0.2, -0.15) is 0 Å². The van der Waals surface area contributed by atoms with E-state index in [-0.39, 0.29) is 6.04 Å². The molecule has 2 heterocycles. The first-order valence-corrected chi connectivity index (χ1v) is 9.36. The molecule has 3 heteroatoms. The molecule has 0 spiro atoms. The van der Waals surface area contributed by atoms with Crippen molar-refractivity contribution in [3.05, 3.63) is 0 Å². The molecule has 4 unspecified atom stereocenters. The Kier molecular flexibility index (Phi) is 5.20. The summed E-state index contributed by atoms with van der Waals surface area (Å²) in [6.07, 6.45) is 13.8. The van der Waals surface area contributed by atoms with Crippen LogP contribution >= 0.6 is 0 Å². The van der Waals surface area contributed by atoms with E-state index in [1.165, 1.54) is 64.2 Å². The third-order valence-corrected chi connectivity index (χ3v) is 5.98. The van der Waals surface area contributed by atoms with E-state index in [9.17, 15) is 4.79 Å². The van der Waals surface area contributed by atoms with Crippen molar-refractivity contribution in [2.45, 2.75) is 95.7 Å². The van der Waals surface area contributed by atoms with Crippen molar-refractivity contribution in [2.24, 2.45) is 5.92 Å². The van der Waals surface area contributed by atoms with Crippen LogP contribution in [0.3, 0.4) is 0 Å². The Morgan fingerprint density at radius 2 is 1.86 bits per heavy atom. The van der Waals surface area contributed by atoms with Gasteiger partial charge in [0.15, 0.2) is 0 Å². The fraction of sp³-hybridized carbons (Fsp3) is 0.944. The summed E-state index contributed by atoms with van der Waals surface area (Å²) in [6, 6.07) is 1.25. The standard InChI is InChI=1S/C18H32N2O/c1-2-7-15-9-5-6-13-20(15)18(21)17-12-11-14-8-3-4-10-16(14)19-17/h14-17,19H,2-13H2,1H3. The van der Waals surface area contributed by atoms with Gasteiger partial charge in [-0.3, -0.25) is 4.79 Å². The fourth-order valence-electron chi connectivity index (χ4n) is 4.81. The van der Waals surface area contributed by atoms with Gasteiger partial charge >= 0.3 is 0 Å². The highest BCUT2D eigenvalue weighted by atomic mass is 16.2. The van der Waals surface area contributed by atoms with Gasteiger partial charge in [-0.1, -0.05) is 26.2 Å². The van der Waals surface area contributed by atoms with Crippen molar-refractivity contribution in [3.8, 4) is 0 Å². The van der Waals surface area contributed by atoms with Crippen LogP contribution in [0.4, 0.5) is 0 Å². The van der Waals surface area contributed by atoms with Gasteiger partial charge < -0.3 is 10.2 Å². The van der Waals surface area contributed by atoms with Crippen molar-refractivity contribution < 1.29 is 4.79 Å². The number of likely N-dealkylation sites (tertiary alicyclic amines) is 1. The summed E-state index contributed by atoms with van der Waals surface area (Å²) < 4.78 is 0. The third-order valence-electron chi connectivity index (χ3n) is 5.98. The molecule has 3 rings (SSSR count). The van der Waals surface area contributed by atoms with Gasteiger partial charge in [-0.25, -0.2) is 0 Å². The summed E-state index contributed by atoms with van der Waals surface area (Å²) >= 11 is 0. The minimum Gasteiger partial charge on any atom is -0.338 e. The molecule has 120 valence electrons. The Bertz CT molecular complexity index is 355. The van der Waals surface area contributed by atoms with E-state index >= 15 is 0 Å². The highest BCUT2D eigenvalue weighted by Gasteiger charge is 2.37. The van der Waals surface area contributed by atoms with E-state index in [4.69, 9.17) is 0 Å². The van der Waals surface area contributed by atoms with Gasteiger partial charge in [0.25, 0.3) is 0 Å². The van der Waals surface area contributed by atoms with Crippen molar-refractivity contribution in [2.75, 3.05) is 6.54 Å². The molecule has 0 aromatic carbocycles. The predicted molar refractivity (Wildman–Crippen MR) is 86.2 cm³/mol. The first-order valence-electron chi connectivity index (χ1n) is 9.36. The van der Waals surface area contributed by atoms with Gasteiger partial charge in [-0.05, 0) is 57.3 Å². The third kappa shape index (κ3) is 3.44. The van der Waals surface area contributed by atoms with Crippen LogP contribution in [0.5, 0.6) is 0 Å². The lowest BCUT2D eigenvalue weighted by atomic mass is 9.77. The molecule has 3 nitrogen and oxygen atoms in total. The Balaban J connectivity index is 1.61. The molecule has 3 aliphatic rings. The van der Waals surface area contributed by atoms with E-state index in [1.807, 2.05) is 0 Å². The van der Waals surface area contributed by atoms with Gasteiger partial charge in [-0.15, -0.1) is 0 Å². The minimum atomic E-state index is 0.113. The van der Waals surface area contributed by atoms with Crippen LogP contribution in [-0.4, -0.2) is 35.5 Å². The predicted octanol–water partition coefficient (Wildman–Crippen LogP) is 3.48. The van der Waals surface area contributed by atoms with Crippen LogP contribution < -0.4 is 5.32 Å². The summed E-state index contributed by atoms with van der Waals surface area (Å²) in [5.41, 5.74) is 0. The van der Waals surface area contributed by atoms with E-state index in [2.05, 4.69) is 17.1 Å². The second-order valence-electron chi connectivity index (χ2n) is 7.42. The van der Waals surface area contributed by atoms with Crippen molar-refractivity contribution in [3.63, 3.8) is 0 Å². The topological polar surface area (TPSA) is 32.3 Å². The molecule has 3 fully saturated rings. The number of hydrogen-bond acceptors (Lipinski definition) is 2. The molecule has 1 saturated carbocycles. The second-order valence-corrected chi connectivity index (χ2v) is 7.42. The van der Waals surface area contributed by atoms with Gasteiger partial charge in [0.05, 0.1) is 6.04 Å². The van der Waals surface area contributed by atoms with Crippen molar-refractivity contribution in [1.82, 2.24) is 10.2 Å². The van der Waals surface area contributed by atoms with Gasteiger partial charge in [0, 0.05) is 18.6 Å². The zero-order valence-electron chi connectivity index (χ0n) is 13.7. The molecule has 21 heavy (non-hydrogen) atoms. The number of nitrogens with zero attached hydrogens (tertiary/aromatic N) is 1. The monoisotopic (exact) mass is 292 g/mol. The first kappa shape index (κ1) is 15.3. The molecule has 2 saturated heterocycles. The first-order chi connectivity index (χ1) is 10.3. The molecule has 1 amide bonds. The van der Waals surface area contributed by atoms with E-state index in [0.717, 1.165) is 18.9 Å². The van der Waals surface area contributed by atoms with Gasteiger partial charge in [0.2, 0.25) is 5.91 Å². The Morgan fingerprint density at radius 1 is 1.05 bits per heavy atom. The second kappa shape index (κ2) is 7.13. The lowest BCUT2D eigenvalue weighted by Gasteiger charge is -2.43. The summed E-state index contributed by atoms with van der Waals surface area (Å²) in [4.78, 5) is 15.2. The molecular weight excluding hydrogens is 260 g/mol. The fourth-order valence-corrected chi connectivity index (χ4v) is 4.81. The summed E-state index contributed by atoms with van der Waals surface area (Å²) in [5, 5.41) is 3.72.